The minimum Gasteiger partial charge on any atom is -0.334 e. The number of nitrogens with zero attached hydrogens (tertiary/aromatic N) is 3. The Labute approximate surface area is 139 Å². The van der Waals surface area contributed by atoms with E-state index in [9.17, 15) is 9.59 Å². The molecule has 0 spiro atoms. The van der Waals surface area contributed by atoms with Gasteiger partial charge in [-0.1, -0.05) is 11.6 Å². The van der Waals surface area contributed by atoms with Crippen LogP contribution in [-0.4, -0.2) is 26.7 Å². The molecule has 0 aliphatic heterocycles. The third kappa shape index (κ3) is 2.79. The molecule has 0 bridgehead atoms. The van der Waals surface area contributed by atoms with Crippen LogP contribution in [0.2, 0.25) is 4.34 Å². The van der Waals surface area contributed by atoms with E-state index in [1.54, 1.807) is 22.5 Å². The second-order valence-electron chi connectivity index (χ2n) is 4.56. The van der Waals surface area contributed by atoms with Crippen molar-refractivity contribution in [3.8, 4) is 0 Å². The predicted octanol–water partition coefficient (Wildman–Crippen LogP) is 3.13. The van der Waals surface area contributed by atoms with Gasteiger partial charge in [0, 0.05) is 29.2 Å². The van der Waals surface area contributed by atoms with Gasteiger partial charge in [-0.3, -0.25) is 14.0 Å². The van der Waals surface area contributed by atoms with E-state index in [0.717, 1.165) is 4.88 Å². The molecule has 3 aromatic rings. The number of halogens is 1. The van der Waals surface area contributed by atoms with E-state index in [-0.39, 0.29) is 17.0 Å². The minimum atomic E-state index is -0.334. The predicted molar refractivity (Wildman–Crippen MR) is 89.1 cm³/mol. The summed E-state index contributed by atoms with van der Waals surface area (Å²) in [5.41, 5.74) is -0.251. The van der Waals surface area contributed by atoms with Gasteiger partial charge in [0.25, 0.3) is 11.5 Å². The van der Waals surface area contributed by atoms with Crippen molar-refractivity contribution in [3.63, 3.8) is 0 Å². The summed E-state index contributed by atoms with van der Waals surface area (Å²) in [4.78, 5) is 32.3. The van der Waals surface area contributed by atoms with Crippen LogP contribution in [0.1, 0.15) is 22.2 Å². The molecule has 3 rings (SSSR count). The van der Waals surface area contributed by atoms with Gasteiger partial charge in [-0.15, -0.1) is 22.7 Å². The Kier molecular flexibility index (Phi) is 4.28. The number of hydrogen-bond acceptors (Lipinski definition) is 5. The van der Waals surface area contributed by atoms with E-state index in [1.807, 2.05) is 13.0 Å². The fourth-order valence-electron chi connectivity index (χ4n) is 2.09. The Bertz CT molecular complexity index is 883. The van der Waals surface area contributed by atoms with Gasteiger partial charge in [-0.2, -0.15) is 0 Å². The SMILES string of the molecule is CCN(Cc1ccc(Cl)s1)C(=O)c1cnc2sccn2c1=O. The number of hydrogen-bond donors (Lipinski definition) is 0. The Hall–Kier alpha value is -1.70. The molecule has 0 aliphatic carbocycles. The number of thiazole rings is 1. The number of amides is 1. The minimum absolute atomic E-state index is 0.0837. The van der Waals surface area contributed by atoms with E-state index in [2.05, 4.69) is 4.98 Å². The van der Waals surface area contributed by atoms with E-state index in [0.29, 0.717) is 22.4 Å². The average Bonchev–Trinajstić information content (AvgIpc) is 3.13. The van der Waals surface area contributed by atoms with E-state index in [4.69, 9.17) is 11.6 Å². The van der Waals surface area contributed by atoms with Gasteiger partial charge in [0.2, 0.25) is 0 Å². The summed E-state index contributed by atoms with van der Waals surface area (Å²) < 4.78 is 2.08. The van der Waals surface area contributed by atoms with Gasteiger partial charge in [0.1, 0.15) is 5.56 Å². The first kappa shape index (κ1) is 15.2. The first-order valence-corrected chi connectivity index (χ1v) is 8.66. The summed E-state index contributed by atoms with van der Waals surface area (Å²) in [7, 11) is 0. The number of carbonyl (C=O) groups is 1. The summed E-state index contributed by atoms with van der Waals surface area (Å²) in [6.07, 6.45) is 2.99. The number of rotatable bonds is 4. The molecule has 0 aromatic carbocycles. The molecule has 0 unspecified atom stereocenters. The Morgan fingerprint density at radius 1 is 1.45 bits per heavy atom. The monoisotopic (exact) mass is 353 g/mol. The highest BCUT2D eigenvalue weighted by molar-refractivity contribution is 7.16. The van der Waals surface area contributed by atoms with Crippen molar-refractivity contribution in [1.82, 2.24) is 14.3 Å². The number of aromatic nitrogens is 2. The molecule has 5 nitrogen and oxygen atoms in total. The fraction of sp³-hybridized carbons (Fsp3) is 0.214. The lowest BCUT2D eigenvalue weighted by molar-refractivity contribution is 0.0752. The number of thiophene rings is 1. The van der Waals surface area contributed by atoms with Crippen LogP contribution in [0.5, 0.6) is 0 Å². The van der Waals surface area contributed by atoms with Gasteiger partial charge in [0.05, 0.1) is 10.9 Å². The second kappa shape index (κ2) is 6.20. The van der Waals surface area contributed by atoms with Crippen LogP contribution >= 0.6 is 34.3 Å². The van der Waals surface area contributed by atoms with Gasteiger partial charge in [-0.25, -0.2) is 4.98 Å². The molecular formula is C14H12ClN3O2S2. The number of carbonyl (C=O) groups excluding carboxylic acids is 1. The zero-order valence-corrected chi connectivity index (χ0v) is 14.0. The molecule has 114 valence electrons. The molecule has 0 saturated heterocycles. The molecule has 0 atom stereocenters. The zero-order valence-electron chi connectivity index (χ0n) is 11.7. The first-order chi connectivity index (χ1) is 10.6. The van der Waals surface area contributed by atoms with Crippen molar-refractivity contribution in [2.24, 2.45) is 0 Å². The highest BCUT2D eigenvalue weighted by Gasteiger charge is 2.20. The van der Waals surface area contributed by atoms with Crippen LogP contribution in [0.15, 0.2) is 34.7 Å². The van der Waals surface area contributed by atoms with Crippen LogP contribution in [0.4, 0.5) is 0 Å². The standard InChI is InChI=1S/C14H12ClN3O2S2/c1-2-17(8-9-3-4-11(15)22-9)12(19)10-7-16-14-18(13(10)20)5-6-21-14/h3-7H,2,8H2,1H3. The number of fused-ring (bicyclic) bond motifs is 1. The second-order valence-corrected chi connectivity index (χ2v) is 7.23. The Morgan fingerprint density at radius 3 is 2.95 bits per heavy atom. The van der Waals surface area contributed by atoms with E-state index in [1.165, 1.54) is 33.3 Å². The first-order valence-electron chi connectivity index (χ1n) is 6.58. The maximum absolute atomic E-state index is 12.6. The zero-order chi connectivity index (χ0) is 15.7. The summed E-state index contributed by atoms with van der Waals surface area (Å²) in [6.45, 7) is 2.81. The lowest BCUT2D eigenvalue weighted by atomic mass is 10.2. The molecule has 22 heavy (non-hydrogen) atoms. The van der Waals surface area contributed by atoms with Gasteiger partial charge in [0.15, 0.2) is 4.96 Å². The lowest BCUT2D eigenvalue weighted by Crippen LogP contribution is -2.35. The van der Waals surface area contributed by atoms with Crippen molar-refractivity contribution in [1.29, 1.82) is 0 Å². The molecule has 0 fully saturated rings. The van der Waals surface area contributed by atoms with Gasteiger partial charge >= 0.3 is 0 Å². The molecule has 3 aromatic heterocycles. The molecule has 0 aliphatic rings. The maximum atomic E-state index is 12.6. The van der Waals surface area contributed by atoms with Crippen LogP contribution < -0.4 is 5.56 Å². The Balaban J connectivity index is 1.92. The molecule has 0 saturated carbocycles. The molecule has 3 heterocycles. The molecule has 0 N–H and O–H groups in total. The van der Waals surface area contributed by atoms with Gasteiger partial charge < -0.3 is 4.90 Å². The Morgan fingerprint density at radius 2 is 2.27 bits per heavy atom. The lowest BCUT2D eigenvalue weighted by Gasteiger charge is -2.19. The normalized spacial score (nSPS) is 11.0. The van der Waals surface area contributed by atoms with Crippen LogP contribution in [0, 0.1) is 0 Å². The summed E-state index contributed by atoms with van der Waals surface area (Å²) in [6, 6.07) is 3.68. The fourth-order valence-corrected chi connectivity index (χ4v) is 3.87. The smallest absolute Gasteiger partial charge is 0.271 e. The summed E-state index contributed by atoms with van der Waals surface area (Å²) >= 11 is 8.70. The molecule has 8 heteroatoms. The maximum Gasteiger partial charge on any atom is 0.271 e. The third-order valence-electron chi connectivity index (χ3n) is 3.22. The highest BCUT2D eigenvalue weighted by atomic mass is 35.5. The molecule has 1 amide bonds. The van der Waals surface area contributed by atoms with Crippen LogP contribution in [0.25, 0.3) is 4.96 Å². The van der Waals surface area contributed by atoms with Crippen molar-refractivity contribution < 1.29 is 4.79 Å². The van der Waals surface area contributed by atoms with E-state index >= 15 is 0 Å². The van der Waals surface area contributed by atoms with Crippen LogP contribution in [0.3, 0.4) is 0 Å². The van der Waals surface area contributed by atoms with Crippen molar-refractivity contribution in [2.45, 2.75) is 13.5 Å². The van der Waals surface area contributed by atoms with Crippen molar-refractivity contribution >= 4 is 45.1 Å². The van der Waals surface area contributed by atoms with Crippen molar-refractivity contribution in [2.75, 3.05) is 6.54 Å². The average molecular weight is 354 g/mol. The summed E-state index contributed by atoms with van der Waals surface area (Å²) in [5.74, 6) is -0.315. The molecule has 0 radical (unpaired) electrons. The van der Waals surface area contributed by atoms with Crippen molar-refractivity contribution in [3.05, 3.63) is 55.0 Å². The summed E-state index contributed by atoms with van der Waals surface area (Å²) in [5, 5.41) is 1.77. The topological polar surface area (TPSA) is 54.7 Å². The third-order valence-corrected chi connectivity index (χ3v) is 5.20. The highest BCUT2D eigenvalue weighted by Crippen LogP contribution is 2.23. The quantitative estimate of drug-likeness (QED) is 0.724. The molecular weight excluding hydrogens is 342 g/mol. The largest absolute Gasteiger partial charge is 0.334 e. The van der Waals surface area contributed by atoms with E-state index < -0.39 is 0 Å². The van der Waals surface area contributed by atoms with Gasteiger partial charge in [-0.05, 0) is 19.1 Å². The van der Waals surface area contributed by atoms with Crippen LogP contribution in [-0.2, 0) is 6.54 Å².